The van der Waals surface area contributed by atoms with Gasteiger partial charge in [-0.2, -0.15) is 0 Å². The van der Waals surface area contributed by atoms with Crippen LogP contribution in [0.1, 0.15) is 32.1 Å². The van der Waals surface area contributed by atoms with Crippen LogP contribution in [0.3, 0.4) is 0 Å². The summed E-state index contributed by atoms with van der Waals surface area (Å²) in [4.78, 5) is 11.5. The standard InChI is InChI=1S/C22H30N4S/c1-16-6-7-21(25-10-8-23-9-11-25)22-24-18(3)17(2)15-26(22)19(13-16)14-20-5-4-12-27-20/h4-5,7,12-13,15-16,18,23H,6,8-11,14H2,1-3H3. The van der Waals surface area contributed by atoms with Crippen LogP contribution in [0.25, 0.3) is 0 Å². The Labute approximate surface area is 167 Å². The van der Waals surface area contributed by atoms with Gasteiger partial charge in [0.15, 0.2) is 5.84 Å². The van der Waals surface area contributed by atoms with Gasteiger partial charge in [0, 0.05) is 49.4 Å². The highest BCUT2D eigenvalue weighted by atomic mass is 32.1. The second-order valence-electron chi connectivity index (χ2n) is 7.83. The summed E-state index contributed by atoms with van der Waals surface area (Å²) in [6, 6.07) is 4.62. The van der Waals surface area contributed by atoms with Crippen molar-refractivity contribution in [3.63, 3.8) is 0 Å². The van der Waals surface area contributed by atoms with Crippen LogP contribution in [-0.4, -0.2) is 47.9 Å². The molecular weight excluding hydrogens is 352 g/mol. The minimum Gasteiger partial charge on any atom is -0.366 e. The second-order valence-corrected chi connectivity index (χ2v) is 8.86. The molecule has 0 amide bonds. The number of rotatable bonds is 3. The summed E-state index contributed by atoms with van der Waals surface area (Å²) >= 11 is 1.84. The molecule has 0 aromatic carbocycles. The Morgan fingerprint density at radius 3 is 2.81 bits per heavy atom. The van der Waals surface area contributed by atoms with Gasteiger partial charge in [-0.05, 0) is 43.2 Å². The molecule has 0 aliphatic carbocycles. The van der Waals surface area contributed by atoms with E-state index in [2.05, 4.69) is 71.8 Å². The molecule has 144 valence electrons. The molecule has 1 aromatic heterocycles. The maximum Gasteiger partial charge on any atom is 0.156 e. The summed E-state index contributed by atoms with van der Waals surface area (Å²) in [7, 11) is 0. The number of allylic oxidation sites excluding steroid dienone is 3. The summed E-state index contributed by atoms with van der Waals surface area (Å²) in [5, 5.41) is 5.64. The van der Waals surface area contributed by atoms with E-state index in [9.17, 15) is 0 Å². The van der Waals surface area contributed by atoms with Crippen molar-refractivity contribution in [1.82, 2.24) is 15.1 Å². The molecule has 2 atom stereocenters. The van der Waals surface area contributed by atoms with Crippen LogP contribution in [0.4, 0.5) is 0 Å². The molecule has 1 fully saturated rings. The van der Waals surface area contributed by atoms with E-state index in [-0.39, 0.29) is 6.04 Å². The molecule has 0 saturated carbocycles. The van der Waals surface area contributed by atoms with Gasteiger partial charge in [0.05, 0.1) is 11.7 Å². The smallest absolute Gasteiger partial charge is 0.156 e. The van der Waals surface area contributed by atoms with Crippen LogP contribution in [0.2, 0.25) is 0 Å². The van der Waals surface area contributed by atoms with Crippen molar-refractivity contribution in [2.24, 2.45) is 10.9 Å². The maximum absolute atomic E-state index is 5.15. The molecule has 1 aromatic rings. The molecule has 3 aliphatic heterocycles. The molecule has 3 aliphatic rings. The van der Waals surface area contributed by atoms with E-state index in [4.69, 9.17) is 4.99 Å². The largest absolute Gasteiger partial charge is 0.366 e. The number of nitrogens with zero attached hydrogens (tertiary/aromatic N) is 3. The molecule has 5 heteroatoms. The predicted molar refractivity (Wildman–Crippen MR) is 115 cm³/mol. The molecule has 0 spiro atoms. The van der Waals surface area contributed by atoms with E-state index in [0.29, 0.717) is 5.92 Å². The van der Waals surface area contributed by atoms with E-state index in [1.54, 1.807) is 0 Å². The SMILES string of the molecule is CC1=CN2C(Cc3cccs3)=CC(C)CC=C(N3CCNCC3)C2=NC1C. The van der Waals surface area contributed by atoms with E-state index in [1.807, 2.05) is 11.3 Å². The molecule has 27 heavy (non-hydrogen) atoms. The molecule has 0 radical (unpaired) electrons. The van der Waals surface area contributed by atoms with Crippen LogP contribution in [0.5, 0.6) is 0 Å². The minimum absolute atomic E-state index is 0.238. The Morgan fingerprint density at radius 1 is 1.26 bits per heavy atom. The van der Waals surface area contributed by atoms with Crippen molar-refractivity contribution in [1.29, 1.82) is 0 Å². The van der Waals surface area contributed by atoms with Gasteiger partial charge in [-0.25, -0.2) is 0 Å². The summed E-state index contributed by atoms with van der Waals surface area (Å²) in [5.74, 6) is 1.65. The van der Waals surface area contributed by atoms with Crippen LogP contribution in [-0.2, 0) is 6.42 Å². The first-order valence-electron chi connectivity index (χ1n) is 10.1. The fourth-order valence-electron chi connectivity index (χ4n) is 3.91. The monoisotopic (exact) mass is 382 g/mol. The minimum atomic E-state index is 0.238. The zero-order valence-corrected chi connectivity index (χ0v) is 17.4. The average molecular weight is 383 g/mol. The Hall–Kier alpha value is -1.85. The van der Waals surface area contributed by atoms with Crippen molar-refractivity contribution in [2.45, 2.75) is 39.7 Å². The number of hydrogen-bond donors (Lipinski definition) is 1. The molecule has 2 unspecified atom stereocenters. The van der Waals surface area contributed by atoms with Gasteiger partial charge in [0.25, 0.3) is 0 Å². The lowest BCUT2D eigenvalue weighted by molar-refractivity contribution is 0.305. The summed E-state index contributed by atoms with van der Waals surface area (Å²) < 4.78 is 0. The summed E-state index contributed by atoms with van der Waals surface area (Å²) in [6.07, 6.45) is 9.22. The zero-order chi connectivity index (χ0) is 18.8. The number of nitrogens with one attached hydrogen (secondary N) is 1. The first kappa shape index (κ1) is 18.5. The number of amidine groups is 1. The highest BCUT2D eigenvalue weighted by Gasteiger charge is 2.29. The maximum atomic E-state index is 5.15. The van der Waals surface area contributed by atoms with E-state index < -0.39 is 0 Å². The molecular formula is C22H30N4S. The van der Waals surface area contributed by atoms with Crippen LogP contribution in [0, 0.1) is 5.92 Å². The van der Waals surface area contributed by atoms with Crippen molar-refractivity contribution >= 4 is 17.2 Å². The topological polar surface area (TPSA) is 30.9 Å². The lowest BCUT2D eigenvalue weighted by atomic mass is 9.99. The molecule has 1 saturated heterocycles. The third-order valence-corrected chi connectivity index (χ3v) is 6.50. The fraction of sp³-hybridized carbons (Fsp3) is 0.500. The van der Waals surface area contributed by atoms with Crippen LogP contribution in [0.15, 0.2) is 57.8 Å². The lowest BCUT2D eigenvalue weighted by Crippen LogP contribution is -2.47. The van der Waals surface area contributed by atoms with E-state index in [1.165, 1.54) is 21.8 Å². The van der Waals surface area contributed by atoms with Gasteiger partial charge < -0.3 is 15.1 Å². The Balaban J connectivity index is 1.73. The van der Waals surface area contributed by atoms with Crippen molar-refractivity contribution in [2.75, 3.05) is 26.2 Å². The Bertz CT molecular complexity index is 781. The predicted octanol–water partition coefficient (Wildman–Crippen LogP) is 4.01. The van der Waals surface area contributed by atoms with Gasteiger partial charge >= 0.3 is 0 Å². The number of aliphatic imine (C=N–C) groups is 1. The van der Waals surface area contributed by atoms with Crippen LogP contribution >= 0.6 is 11.3 Å². The molecule has 1 N–H and O–H groups in total. The number of thiophene rings is 1. The van der Waals surface area contributed by atoms with E-state index in [0.717, 1.165) is 44.9 Å². The Kier molecular flexibility index (Phi) is 5.50. The zero-order valence-electron chi connectivity index (χ0n) is 16.6. The number of piperazine rings is 1. The van der Waals surface area contributed by atoms with Gasteiger partial charge in [0.1, 0.15) is 0 Å². The van der Waals surface area contributed by atoms with Crippen LogP contribution < -0.4 is 5.32 Å². The fourth-order valence-corrected chi connectivity index (χ4v) is 4.63. The Morgan fingerprint density at radius 2 is 2.07 bits per heavy atom. The molecule has 4 rings (SSSR count). The van der Waals surface area contributed by atoms with Gasteiger partial charge in [-0.3, -0.25) is 4.99 Å². The number of fused-ring (bicyclic) bond motifs is 1. The average Bonchev–Trinajstić information content (AvgIpc) is 3.17. The van der Waals surface area contributed by atoms with Crippen molar-refractivity contribution < 1.29 is 0 Å². The van der Waals surface area contributed by atoms with E-state index >= 15 is 0 Å². The van der Waals surface area contributed by atoms with Crippen molar-refractivity contribution in [3.8, 4) is 0 Å². The van der Waals surface area contributed by atoms with Gasteiger partial charge in [0.2, 0.25) is 0 Å². The highest BCUT2D eigenvalue weighted by molar-refractivity contribution is 7.09. The van der Waals surface area contributed by atoms with Gasteiger partial charge in [-0.15, -0.1) is 11.3 Å². The third-order valence-electron chi connectivity index (χ3n) is 5.63. The second kappa shape index (κ2) is 8.03. The summed E-state index contributed by atoms with van der Waals surface area (Å²) in [6.45, 7) is 10.9. The normalized spacial score (nSPS) is 26.3. The van der Waals surface area contributed by atoms with Crippen molar-refractivity contribution in [3.05, 3.63) is 57.7 Å². The summed E-state index contributed by atoms with van der Waals surface area (Å²) in [5.41, 5.74) is 4.00. The molecule has 0 bridgehead atoms. The first-order chi connectivity index (χ1) is 13.1. The lowest BCUT2D eigenvalue weighted by Gasteiger charge is -2.39. The quantitative estimate of drug-likeness (QED) is 0.857. The third kappa shape index (κ3) is 4.04. The molecule has 4 heterocycles. The highest BCUT2D eigenvalue weighted by Crippen LogP contribution is 2.30. The number of hydrogen-bond acceptors (Lipinski definition) is 5. The molecule has 4 nitrogen and oxygen atoms in total. The first-order valence-corrected chi connectivity index (χ1v) is 10.9. The van der Waals surface area contributed by atoms with Gasteiger partial charge in [-0.1, -0.05) is 25.1 Å².